The van der Waals surface area contributed by atoms with Crippen LogP contribution >= 0.6 is 0 Å². The Morgan fingerprint density at radius 2 is 1.32 bits per heavy atom. The van der Waals surface area contributed by atoms with Crippen LogP contribution in [0.15, 0.2) is 0 Å². The van der Waals surface area contributed by atoms with Crippen LogP contribution in [-0.2, 0) is 14.3 Å². The first-order valence-corrected chi connectivity index (χ1v) is 9.43. The maximum absolute atomic E-state index is 11.7. The summed E-state index contributed by atoms with van der Waals surface area (Å²) in [6, 6.07) is 0. The predicted octanol–water partition coefficient (Wildman–Crippen LogP) is 5.41. The van der Waals surface area contributed by atoms with E-state index in [0.29, 0.717) is 0 Å². The number of carbonyl (C=O) groups is 1. The molecule has 0 radical (unpaired) electrons. The quantitative estimate of drug-likeness (QED) is 0.244. The molecule has 0 aliphatic carbocycles. The van der Waals surface area contributed by atoms with Gasteiger partial charge in [0.25, 0.3) is 0 Å². The van der Waals surface area contributed by atoms with E-state index in [4.69, 9.17) is 9.47 Å². The van der Waals surface area contributed by atoms with Crippen molar-refractivity contribution in [2.45, 2.75) is 109 Å². The Hall–Kier alpha value is -0.570. The summed E-state index contributed by atoms with van der Waals surface area (Å²) >= 11 is 0. The van der Waals surface area contributed by atoms with Gasteiger partial charge in [-0.1, -0.05) is 77.6 Å². The summed E-state index contributed by atoms with van der Waals surface area (Å²) in [7, 11) is 1.45. The molecule has 22 heavy (non-hydrogen) atoms. The van der Waals surface area contributed by atoms with Crippen LogP contribution in [0.3, 0.4) is 0 Å². The molecule has 3 nitrogen and oxygen atoms in total. The number of esters is 1. The van der Waals surface area contributed by atoms with E-state index in [0.717, 1.165) is 12.8 Å². The Morgan fingerprint density at radius 3 is 1.68 bits per heavy atom. The highest BCUT2D eigenvalue weighted by molar-refractivity contribution is 5.83. The van der Waals surface area contributed by atoms with Crippen molar-refractivity contribution in [3.05, 3.63) is 0 Å². The third kappa shape index (κ3) is 6.68. The Balaban J connectivity index is 1.87. The molecule has 1 fully saturated rings. The van der Waals surface area contributed by atoms with Crippen molar-refractivity contribution in [3.63, 3.8) is 0 Å². The van der Waals surface area contributed by atoms with E-state index in [2.05, 4.69) is 6.92 Å². The molecule has 1 saturated heterocycles. The van der Waals surface area contributed by atoms with Gasteiger partial charge in [-0.25, -0.2) is 4.79 Å². The van der Waals surface area contributed by atoms with Gasteiger partial charge in [-0.3, -0.25) is 0 Å². The van der Waals surface area contributed by atoms with E-state index in [9.17, 15) is 4.79 Å². The smallest absolute Gasteiger partial charge is 0.340 e. The van der Waals surface area contributed by atoms with Crippen molar-refractivity contribution in [2.24, 2.45) is 0 Å². The Labute approximate surface area is 137 Å². The number of methoxy groups -OCH3 is 1. The fourth-order valence-electron chi connectivity index (χ4n) is 3.26. The van der Waals surface area contributed by atoms with Gasteiger partial charge in [0.15, 0.2) is 5.60 Å². The lowest BCUT2D eigenvalue weighted by Gasteiger charge is -2.09. The first-order valence-electron chi connectivity index (χ1n) is 9.43. The summed E-state index contributed by atoms with van der Waals surface area (Å²) in [5.41, 5.74) is -0.604. The molecule has 0 unspecified atom stereocenters. The van der Waals surface area contributed by atoms with Crippen LogP contribution in [0.4, 0.5) is 0 Å². The lowest BCUT2D eigenvalue weighted by atomic mass is 9.97. The first kappa shape index (κ1) is 19.5. The van der Waals surface area contributed by atoms with Crippen LogP contribution in [-0.4, -0.2) is 24.8 Å². The van der Waals surface area contributed by atoms with Gasteiger partial charge in [-0.05, 0) is 19.8 Å². The minimum absolute atomic E-state index is 0.0349. The summed E-state index contributed by atoms with van der Waals surface area (Å²) in [4.78, 5) is 11.7. The molecule has 0 aromatic carbocycles. The van der Waals surface area contributed by atoms with Gasteiger partial charge in [0.1, 0.15) is 0 Å². The normalized spacial score (nSPS) is 23.5. The predicted molar refractivity (Wildman–Crippen MR) is 91.0 cm³/mol. The average molecular weight is 312 g/mol. The van der Waals surface area contributed by atoms with Crippen LogP contribution in [0, 0.1) is 0 Å². The molecule has 3 heteroatoms. The van der Waals surface area contributed by atoms with Crippen molar-refractivity contribution in [3.8, 4) is 0 Å². The maximum atomic E-state index is 11.7. The highest BCUT2D eigenvalue weighted by Crippen LogP contribution is 2.41. The molecule has 0 saturated carbocycles. The zero-order valence-corrected chi connectivity index (χ0v) is 15.0. The molecule has 130 valence electrons. The van der Waals surface area contributed by atoms with E-state index in [1.165, 1.54) is 77.7 Å². The van der Waals surface area contributed by atoms with E-state index < -0.39 is 5.60 Å². The SMILES string of the molecule is CCCCCCCCCCCCCC[C@@]1(C(=O)OC)O[C@H]1C. The summed E-state index contributed by atoms with van der Waals surface area (Å²) in [5, 5.41) is 0. The number of epoxide rings is 1. The summed E-state index contributed by atoms with van der Waals surface area (Å²) in [5.74, 6) is -0.192. The molecule has 1 heterocycles. The van der Waals surface area contributed by atoms with Crippen LogP contribution in [0.2, 0.25) is 0 Å². The molecular weight excluding hydrogens is 276 g/mol. The third-order valence-corrected chi connectivity index (χ3v) is 4.92. The van der Waals surface area contributed by atoms with Gasteiger partial charge in [0, 0.05) is 0 Å². The van der Waals surface area contributed by atoms with Crippen LogP contribution in [0.25, 0.3) is 0 Å². The lowest BCUT2D eigenvalue weighted by molar-refractivity contribution is -0.147. The molecule has 0 spiro atoms. The Morgan fingerprint density at radius 1 is 0.909 bits per heavy atom. The summed E-state index contributed by atoms with van der Waals surface area (Å²) < 4.78 is 10.3. The lowest BCUT2D eigenvalue weighted by Crippen LogP contribution is -2.28. The molecule has 0 bridgehead atoms. The van der Waals surface area contributed by atoms with Crippen molar-refractivity contribution in [1.82, 2.24) is 0 Å². The second-order valence-corrected chi connectivity index (χ2v) is 6.78. The number of carbonyl (C=O) groups excluding carboxylic acids is 1. The van der Waals surface area contributed by atoms with Crippen molar-refractivity contribution < 1.29 is 14.3 Å². The van der Waals surface area contributed by atoms with Gasteiger partial charge in [-0.15, -0.1) is 0 Å². The number of unbranched alkanes of at least 4 members (excludes halogenated alkanes) is 11. The zero-order chi connectivity index (χ0) is 16.3. The minimum atomic E-state index is -0.604. The summed E-state index contributed by atoms with van der Waals surface area (Å²) in [6.45, 7) is 4.22. The fourth-order valence-corrected chi connectivity index (χ4v) is 3.26. The molecule has 2 atom stereocenters. The molecule has 1 rings (SSSR count). The average Bonchev–Trinajstić information content (AvgIpc) is 3.19. The highest BCUT2D eigenvalue weighted by atomic mass is 16.7. The fraction of sp³-hybridized carbons (Fsp3) is 0.947. The highest BCUT2D eigenvalue weighted by Gasteiger charge is 2.60. The van der Waals surface area contributed by atoms with Crippen LogP contribution in [0.1, 0.15) is 97.3 Å². The van der Waals surface area contributed by atoms with E-state index >= 15 is 0 Å². The molecule has 0 amide bonds. The Kier molecular flexibility index (Phi) is 9.77. The topological polar surface area (TPSA) is 38.8 Å². The minimum Gasteiger partial charge on any atom is -0.467 e. The standard InChI is InChI=1S/C19H36O3/c1-4-5-6-7-8-9-10-11-12-13-14-15-16-19(17(2)22-19)18(20)21-3/h17H,4-16H2,1-3H3/t17-,19+/m0/s1. The maximum Gasteiger partial charge on any atom is 0.340 e. The molecule has 0 aromatic heterocycles. The van der Waals surface area contributed by atoms with Gasteiger partial charge >= 0.3 is 5.97 Å². The molecule has 0 aromatic rings. The number of rotatable bonds is 14. The molecular formula is C19H36O3. The monoisotopic (exact) mass is 312 g/mol. The Bertz CT molecular complexity index is 303. The molecule has 0 N–H and O–H groups in total. The van der Waals surface area contributed by atoms with E-state index in [-0.39, 0.29) is 12.1 Å². The number of hydrogen-bond acceptors (Lipinski definition) is 3. The van der Waals surface area contributed by atoms with Crippen molar-refractivity contribution in [1.29, 1.82) is 0 Å². The van der Waals surface area contributed by atoms with E-state index in [1.54, 1.807) is 0 Å². The van der Waals surface area contributed by atoms with Gasteiger partial charge in [0.05, 0.1) is 13.2 Å². The largest absolute Gasteiger partial charge is 0.467 e. The number of ether oxygens (including phenoxy) is 2. The molecule has 1 aliphatic rings. The van der Waals surface area contributed by atoms with Gasteiger partial charge in [-0.2, -0.15) is 0 Å². The van der Waals surface area contributed by atoms with Gasteiger partial charge < -0.3 is 9.47 Å². The number of hydrogen-bond donors (Lipinski definition) is 0. The third-order valence-electron chi connectivity index (χ3n) is 4.92. The zero-order valence-electron chi connectivity index (χ0n) is 15.0. The second kappa shape index (κ2) is 11.0. The summed E-state index contributed by atoms with van der Waals surface area (Å²) in [6.07, 6.45) is 16.9. The van der Waals surface area contributed by atoms with E-state index in [1.807, 2.05) is 6.92 Å². The molecule has 1 aliphatic heterocycles. The van der Waals surface area contributed by atoms with Crippen molar-refractivity contribution >= 4 is 5.97 Å². The second-order valence-electron chi connectivity index (χ2n) is 6.78. The van der Waals surface area contributed by atoms with Crippen molar-refractivity contribution in [2.75, 3.05) is 7.11 Å². The first-order chi connectivity index (χ1) is 10.7. The van der Waals surface area contributed by atoms with Gasteiger partial charge in [0.2, 0.25) is 0 Å². The van der Waals surface area contributed by atoms with Crippen LogP contribution < -0.4 is 0 Å². The van der Waals surface area contributed by atoms with Crippen LogP contribution in [0.5, 0.6) is 0 Å².